The van der Waals surface area contributed by atoms with Crippen LogP contribution in [0.25, 0.3) is 0 Å². The number of aliphatic hydroxyl groups is 1. The SMILES string of the molecule is C/C(=C\C=C\[C@H](C)c1ccccn1)[C@H]1OC(=O)C[C@@H](O)CC[C@@H](C)[C@@H](OC(=O)N(C)C)/C=C\[C@@H]1C. The molecule has 1 aliphatic heterocycles. The minimum atomic E-state index is -0.807. The molecule has 0 aromatic carbocycles. The molecule has 0 saturated heterocycles. The number of amides is 1. The van der Waals surface area contributed by atoms with E-state index in [4.69, 9.17) is 9.47 Å². The summed E-state index contributed by atoms with van der Waals surface area (Å²) in [5.41, 5.74) is 1.85. The van der Waals surface area contributed by atoms with Gasteiger partial charge in [0.05, 0.1) is 12.5 Å². The fourth-order valence-electron chi connectivity index (χ4n) is 3.88. The summed E-state index contributed by atoms with van der Waals surface area (Å²) < 4.78 is 11.5. The molecule has 1 amide bonds. The molecule has 0 saturated carbocycles. The molecule has 2 rings (SSSR count). The number of nitrogens with zero attached hydrogens (tertiary/aromatic N) is 2. The number of aromatic nitrogens is 1. The van der Waals surface area contributed by atoms with Crippen LogP contribution in [0.4, 0.5) is 4.79 Å². The minimum absolute atomic E-state index is 0.0152. The molecular weight excluding hydrogens is 444 g/mol. The first-order chi connectivity index (χ1) is 16.6. The lowest BCUT2D eigenvalue weighted by Crippen LogP contribution is -2.32. The van der Waals surface area contributed by atoms with Crippen molar-refractivity contribution >= 4 is 12.1 Å². The number of hydrogen-bond donors (Lipinski definition) is 1. The number of allylic oxidation sites excluding steroid dienone is 3. The molecule has 1 N–H and O–H groups in total. The molecule has 35 heavy (non-hydrogen) atoms. The molecule has 2 heterocycles. The van der Waals surface area contributed by atoms with Gasteiger partial charge in [0, 0.05) is 37.8 Å². The molecule has 0 fully saturated rings. The van der Waals surface area contributed by atoms with E-state index in [-0.39, 0.29) is 24.2 Å². The molecular formula is C28H40N2O5. The monoisotopic (exact) mass is 484 g/mol. The van der Waals surface area contributed by atoms with Gasteiger partial charge < -0.3 is 19.5 Å². The Bertz CT molecular complexity index is 909. The maximum absolute atomic E-state index is 12.6. The molecule has 1 aromatic heterocycles. The summed E-state index contributed by atoms with van der Waals surface area (Å²) in [5.74, 6) is -0.468. The maximum Gasteiger partial charge on any atom is 0.409 e. The number of ether oxygens (including phenoxy) is 2. The zero-order chi connectivity index (χ0) is 26.0. The van der Waals surface area contributed by atoms with Crippen LogP contribution in [0.2, 0.25) is 0 Å². The van der Waals surface area contributed by atoms with E-state index in [1.807, 2.05) is 69.4 Å². The van der Waals surface area contributed by atoms with Gasteiger partial charge in [0.1, 0.15) is 12.2 Å². The third-order valence-corrected chi connectivity index (χ3v) is 6.22. The third kappa shape index (κ3) is 9.32. The highest BCUT2D eigenvalue weighted by atomic mass is 16.6. The molecule has 0 unspecified atom stereocenters. The number of esters is 1. The number of hydrogen-bond acceptors (Lipinski definition) is 6. The Hall–Kier alpha value is -2.93. The molecule has 1 aromatic rings. The first kappa shape index (κ1) is 28.3. The van der Waals surface area contributed by atoms with Crippen LogP contribution in [-0.4, -0.2) is 59.5 Å². The van der Waals surface area contributed by atoms with Crippen molar-refractivity contribution in [2.45, 2.75) is 71.2 Å². The molecule has 192 valence electrons. The van der Waals surface area contributed by atoms with Crippen molar-refractivity contribution in [3.8, 4) is 0 Å². The van der Waals surface area contributed by atoms with E-state index in [0.29, 0.717) is 12.8 Å². The number of rotatable bonds is 5. The van der Waals surface area contributed by atoms with Crippen molar-refractivity contribution in [1.82, 2.24) is 9.88 Å². The van der Waals surface area contributed by atoms with Crippen molar-refractivity contribution < 1.29 is 24.2 Å². The van der Waals surface area contributed by atoms with E-state index >= 15 is 0 Å². The summed E-state index contributed by atoms with van der Waals surface area (Å²) in [6.45, 7) is 7.94. The number of pyridine rings is 1. The Labute approximate surface area is 209 Å². The summed E-state index contributed by atoms with van der Waals surface area (Å²) in [6, 6.07) is 5.84. The highest BCUT2D eigenvalue weighted by molar-refractivity contribution is 5.70. The van der Waals surface area contributed by atoms with Gasteiger partial charge in [-0.25, -0.2) is 4.79 Å². The van der Waals surface area contributed by atoms with Crippen molar-refractivity contribution in [3.63, 3.8) is 0 Å². The van der Waals surface area contributed by atoms with Crippen LogP contribution in [0, 0.1) is 11.8 Å². The fraction of sp³-hybridized carbons (Fsp3) is 0.536. The number of carbonyl (C=O) groups excluding carboxylic acids is 2. The van der Waals surface area contributed by atoms with Gasteiger partial charge in [-0.3, -0.25) is 9.78 Å². The second-order valence-corrected chi connectivity index (χ2v) is 9.65. The van der Waals surface area contributed by atoms with Crippen LogP contribution in [0.3, 0.4) is 0 Å². The molecule has 1 aliphatic rings. The van der Waals surface area contributed by atoms with E-state index < -0.39 is 30.4 Å². The zero-order valence-electron chi connectivity index (χ0n) is 21.8. The predicted octanol–water partition coefficient (Wildman–Crippen LogP) is 5.04. The minimum Gasteiger partial charge on any atom is -0.457 e. The van der Waals surface area contributed by atoms with Crippen LogP contribution < -0.4 is 0 Å². The molecule has 6 atom stereocenters. The number of cyclic esters (lactones) is 1. The van der Waals surface area contributed by atoms with Gasteiger partial charge in [-0.1, -0.05) is 51.1 Å². The van der Waals surface area contributed by atoms with E-state index in [9.17, 15) is 14.7 Å². The maximum atomic E-state index is 12.6. The van der Waals surface area contributed by atoms with Gasteiger partial charge in [-0.15, -0.1) is 0 Å². The lowest BCUT2D eigenvalue weighted by Gasteiger charge is -2.27. The molecule has 0 bridgehead atoms. The average molecular weight is 485 g/mol. The largest absolute Gasteiger partial charge is 0.457 e. The Morgan fingerprint density at radius 3 is 2.66 bits per heavy atom. The van der Waals surface area contributed by atoms with Gasteiger partial charge >= 0.3 is 12.1 Å². The van der Waals surface area contributed by atoms with Crippen LogP contribution in [0.5, 0.6) is 0 Å². The van der Waals surface area contributed by atoms with Crippen LogP contribution in [-0.2, 0) is 14.3 Å². The molecule has 0 aliphatic carbocycles. The highest BCUT2D eigenvalue weighted by Crippen LogP contribution is 2.25. The van der Waals surface area contributed by atoms with Crippen molar-refractivity contribution in [1.29, 1.82) is 0 Å². The smallest absolute Gasteiger partial charge is 0.409 e. The number of aliphatic hydroxyl groups excluding tert-OH is 1. The van der Waals surface area contributed by atoms with E-state index in [1.165, 1.54) is 4.90 Å². The Kier molecular flexibility index (Phi) is 11.2. The predicted molar refractivity (Wildman–Crippen MR) is 137 cm³/mol. The van der Waals surface area contributed by atoms with Crippen LogP contribution in [0.15, 0.2) is 60.3 Å². The first-order valence-electron chi connectivity index (χ1n) is 12.3. The summed E-state index contributed by atoms with van der Waals surface area (Å²) in [7, 11) is 3.29. The van der Waals surface area contributed by atoms with Crippen molar-refractivity contribution in [3.05, 3.63) is 66.0 Å². The lowest BCUT2D eigenvalue weighted by atomic mass is 9.92. The first-order valence-corrected chi connectivity index (χ1v) is 12.3. The van der Waals surface area contributed by atoms with E-state index in [1.54, 1.807) is 20.3 Å². The van der Waals surface area contributed by atoms with Gasteiger partial charge in [-0.05, 0) is 49.5 Å². The Morgan fingerprint density at radius 1 is 1.26 bits per heavy atom. The summed E-state index contributed by atoms with van der Waals surface area (Å²) in [5, 5.41) is 10.4. The van der Waals surface area contributed by atoms with Gasteiger partial charge in [0.15, 0.2) is 0 Å². The summed E-state index contributed by atoms with van der Waals surface area (Å²) >= 11 is 0. The van der Waals surface area contributed by atoms with Crippen molar-refractivity contribution in [2.24, 2.45) is 11.8 Å². The van der Waals surface area contributed by atoms with Gasteiger partial charge in [0.25, 0.3) is 0 Å². The molecule has 7 heteroatoms. The summed E-state index contributed by atoms with van der Waals surface area (Å²) in [4.78, 5) is 30.5. The van der Waals surface area contributed by atoms with E-state index in [2.05, 4.69) is 11.9 Å². The second kappa shape index (κ2) is 13.8. The number of carbonyl (C=O) groups is 2. The van der Waals surface area contributed by atoms with E-state index in [0.717, 1.165) is 11.3 Å². The normalized spacial score (nSPS) is 28.4. The van der Waals surface area contributed by atoms with Crippen LogP contribution in [0.1, 0.15) is 58.6 Å². The lowest BCUT2D eigenvalue weighted by molar-refractivity contribution is -0.151. The molecule has 0 spiro atoms. The zero-order valence-corrected chi connectivity index (χ0v) is 21.8. The van der Waals surface area contributed by atoms with Gasteiger partial charge in [0.2, 0.25) is 0 Å². The average Bonchev–Trinajstić information content (AvgIpc) is 2.82. The highest BCUT2D eigenvalue weighted by Gasteiger charge is 2.27. The molecule has 0 radical (unpaired) electrons. The Balaban J connectivity index is 2.25. The quantitative estimate of drug-likeness (QED) is 0.358. The fourth-order valence-corrected chi connectivity index (χ4v) is 3.88. The standard InChI is InChI=1S/C28H40N2O5/c1-19(24-12-7-8-17-29-24)10-9-11-21(3)27-22(4)14-16-25(34-28(33)30(5)6)20(2)13-15-23(31)18-26(32)35-27/h7-12,14,16-17,19-20,22-23,25,27,31H,13,15,18H2,1-6H3/b10-9+,16-14-,21-11+/t19-,20+,22-,23-,25-,27+/m0/s1. The topological polar surface area (TPSA) is 89.0 Å². The second-order valence-electron chi connectivity index (χ2n) is 9.65. The Morgan fingerprint density at radius 2 is 2.00 bits per heavy atom. The van der Waals surface area contributed by atoms with Crippen LogP contribution >= 0.6 is 0 Å². The van der Waals surface area contributed by atoms with Crippen molar-refractivity contribution in [2.75, 3.05) is 14.1 Å². The molecule has 7 nitrogen and oxygen atoms in total. The van der Waals surface area contributed by atoms with Gasteiger partial charge in [-0.2, -0.15) is 0 Å². The summed E-state index contributed by atoms with van der Waals surface area (Å²) in [6.07, 6.45) is 10.3. The third-order valence-electron chi connectivity index (χ3n) is 6.22.